The highest BCUT2D eigenvalue weighted by molar-refractivity contribution is 5.94. The summed E-state index contributed by atoms with van der Waals surface area (Å²) in [4.78, 5) is 21.0. The van der Waals surface area contributed by atoms with Crippen LogP contribution in [0.25, 0.3) is 11.3 Å². The molecule has 0 aliphatic heterocycles. The number of hydrogen-bond donors (Lipinski definition) is 1. The van der Waals surface area contributed by atoms with E-state index in [1.807, 2.05) is 37.3 Å². The highest BCUT2D eigenvalue weighted by atomic mass is 16.5. The monoisotopic (exact) mass is 333 g/mol. The molecule has 0 saturated carbocycles. The summed E-state index contributed by atoms with van der Waals surface area (Å²) in [6.07, 6.45) is 5.22. The van der Waals surface area contributed by atoms with Crippen LogP contribution in [0.4, 0.5) is 0 Å². The van der Waals surface area contributed by atoms with Crippen LogP contribution in [0.2, 0.25) is 0 Å². The van der Waals surface area contributed by atoms with E-state index in [1.54, 1.807) is 37.8 Å². The number of rotatable bonds is 5. The normalized spacial score (nSPS) is 10.3. The molecule has 3 aromatic rings. The lowest BCUT2D eigenvalue weighted by Gasteiger charge is -2.11. The van der Waals surface area contributed by atoms with Crippen molar-refractivity contribution in [2.45, 2.75) is 13.5 Å². The Hall–Kier alpha value is -3.21. The van der Waals surface area contributed by atoms with Crippen molar-refractivity contribution in [2.75, 3.05) is 7.11 Å². The van der Waals surface area contributed by atoms with Crippen LogP contribution in [-0.4, -0.2) is 23.0 Å². The number of amides is 1. The zero-order chi connectivity index (χ0) is 17.6. The minimum atomic E-state index is -0.133. The Morgan fingerprint density at radius 2 is 2.00 bits per heavy atom. The number of benzene rings is 1. The van der Waals surface area contributed by atoms with Crippen LogP contribution in [0.5, 0.6) is 5.75 Å². The number of ether oxygens (including phenoxy) is 1. The van der Waals surface area contributed by atoms with Gasteiger partial charge in [-0.25, -0.2) is 0 Å². The SMILES string of the molecule is COc1ccc(C(=O)NCc2cccnc2-c2cccnc2)cc1C. The van der Waals surface area contributed by atoms with E-state index in [1.165, 1.54) is 0 Å². The van der Waals surface area contributed by atoms with E-state index in [0.29, 0.717) is 12.1 Å². The zero-order valence-electron chi connectivity index (χ0n) is 14.2. The fourth-order valence-electron chi connectivity index (χ4n) is 2.64. The number of hydrogen-bond acceptors (Lipinski definition) is 4. The lowest BCUT2D eigenvalue weighted by Crippen LogP contribution is -2.23. The van der Waals surface area contributed by atoms with Crippen LogP contribution < -0.4 is 10.1 Å². The minimum Gasteiger partial charge on any atom is -0.496 e. The molecule has 0 atom stereocenters. The first-order valence-electron chi connectivity index (χ1n) is 7.96. The Labute approximate surface area is 146 Å². The molecule has 0 aliphatic rings. The second kappa shape index (κ2) is 7.57. The third-order valence-corrected chi connectivity index (χ3v) is 3.92. The van der Waals surface area contributed by atoms with Crippen molar-refractivity contribution in [1.29, 1.82) is 0 Å². The van der Waals surface area contributed by atoms with Crippen LogP contribution >= 0.6 is 0 Å². The van der Waals surface area contributed by atoms with E-state index >= 15 is 0 Å². The van der Waals surface area contributed by atoms with Gasteiger partial charge in [0.05, 0.1) is 12.8 Å². The number of pyridine rings is 2. The summed E-state index contributed by atoms with van der Waals surface area (Å²) < 4.78 is 5.23. The molecule has 0 spiro atoms. The van der Waals surface area contributed by atoms with E-state index < -0.39 is 0 Å². The molecule has 2 aromatic heterocycles. The lowest BCUT2D eigenvalue weighted by molar-refractivity contribution is 0.0951. The third kappa shape index (κ3) is 3.83. The topological polar surface area (TPSA) is 64.1 Å². The van der Waals surface area contributed by atoms with Gasteiger partial charge in [0.25, 0.3) is 5.91 Å². The number of methoxy groups -OCH3 is 1. The first-order chi connectivity index (χ1) is 12.2. The third-order valence-electron chi connectivity index (χ3n) is 3.92. The Morgan fingerprint density at radius 3 is 2.72 bits per heavy atom. The molecule has 0 saturated heterocycles. The van der Waals surface area contributed by atoms with Crippen molar-refractivity contribution in [2.24, 2.45) is 0 Å². The molecule has 3 rings (SSSR count). The van der Waals surface area contributed by atoms with Crippen molar-refractivity contribution >= 4 is 5.91 Å². The van der Waals surface area contributed by atoms with Gasteiger partial charge in [0.1, 0.15) is 5.75 Å². The first-order valence-corrected chi connectivity index (χ1v) is 7.96. The van der Waals surface area contributed by atoms with Gasteiger partial charge < -0.3 is 10.1 Å². The summed E-state index contributed by atoms with van der Waals surface area (Å²) in [5.74, 6) is 0.634. The molecule has 126 valence electrons. The molecule has 2 heterocycles. The van der Waals surface area contributed by atoms with Gasteiger partial charge in [-0.3, -0.25) is 14.8 Å². The van der Waals surface area contributed by atoms with Gasteiger partial charge in [0, 0.05) is 36.3 Å². The van der Waals surface area contributed by atoms with Gasteiger partial charge in [-0.05, 0) is 54.4 Å². The molecule has 5 nitrogen and oxygen atoms in total. The van der Waals surface area contributed by atoms with Crippen molar-refractivity contribution in [3.63, 3.8) is 0 Å². The molecule has 0 fully saturated rings. The summed E-state index contributed by atoms with van der Waals surface area (Å²) >= 11 is 0. The number of carbonyl (C=O) groups is 1. The maximum absolute atomic E-state index is 12.4. The molecule has 1 N–H and O–H groups in total. The molecule has 0 unspecified atom stereocenters. The fraction of sp³-hybridized carbons (Fsp3) is 0.150. The molecular formula is C20H19N3O2. The van der Waals surface area contributed by atoms with E-state index in [0.717, 1.165) is 28.1 Å². The molecule has 0 radical (unpaired) electrons. The predicted octanol–water partition coefficient (Wildman–Crippen LogP) is 3.39. The first kappa shape index (κ1) is 16.6. The van der Waals surface area contributed by atoms with E-state index in [-0.39, 0.29) is 5.91 Å². The Kier molecular flexibility index (Phi) is 5.04. The van der Waals surface area contributed by atoms with Crippen molar-refractivity contribution in [3.8, 4) is 17.0 Å². The van der Waals surface area contributed by atoms with Gasteiger partial charge in [-0.2, -0.15) is 0 Å². The van der Waals surface area contributed by atoms with Gasteiger partial charge >= 0.3 is 0 Å². The van der Waals surface area contributed by atoms with Crippen LogP contribution in [0.15, 0.2) is 61.1 Å². The number of nitrogens with one attached hydrogen (secondary N) is 1. The summed E-state index contributed by atoms with van der Waals surface area (Å²) in [5, 5.41) is 2.95. The molecule has 0 aliphatic carbocycles. The van der Waals surface area contributed by atoms with Crippen molar-refractivity contribution < 1.29 is 9.53 Å². The average Bonchev–Trinajstić information content (AvgIpc) is 2.67. The van der Waals surface area contributed by atoms with E-state index in [2.05, 4.69) is 15.3 Å². The predicted molar refractivity (Wildman–Crippen MR) is 96.4 cm³/mol. The smallest absolute Gasteiger partial charge is 0.251 e. The van der Waals surface area contributed by atoms with Crippen LogP contribution in [-0.2, 0) is 6.54 Å². The van der Waals surface area contributed by atoms with Gasteiger partial charge in [0.2, 0.25) is 0 Å². The quantitative estimate of drug-likeness (QED) is 0.777. The fourth-order valence-corrected chi connectivity index (χ4v) is 2.64. The summed E-state index contributed by atoms with van der Waals surface area (Å²) in [7, 11) is 1.62. The van der Waals surface area contributed by atoms with Crippen LogP contribution in [0, 0.1) is 6.92 Å². The van der Waals surface area contributed by atoms with Gasteiger partial charge in [-0.15, -0.1) is 0 Å². The van der Waals surface area contributed by atoms with Gasteiger partial charge in [0.15, 0.2) is 0 Å². The largest absolute Gasteiger partial charge is 0.496 e. The standard InChI is InChI=1S/C20H19N3O2/c1-14-11-15(7-8-18(14)25-2)20(24)23-13-17-6-4-10-22-19(17)16-5-3-9-21-12-16/h3-12H,13H2,1-2H3,(H,23,24). The lowest BCUT2D eigenvalue weighted by atomic mass is 10.1. The second-order valence-corrected chi connectivity index (χ2v) is 5.62. The molecule has 0 bridgehead atoms. The maximum atomic E-state index is 12.4. The summed E-state index contributed by atoms with van der Waals surface area (Å²) in [5.41, 5.74) is 4.21. The summed E-state index contributed by atoms with van der Waals surface area (Å²) in [6.45, 7) is 2.30. The Bertz CT molecular complexity index is 879. The molecule has 5 heteroatoms. The maximum Gasteiger partial charge on any atom is 0.251 e. The highest BCUT2D eigenvalue weighted by Crippen LogP contribution is 2.21. The average molecular weight is 333 g/mol. The number of aryl methyl sites for hydroxylation is 1. The minimum absolute atomic E-state index is 0.133. The van der Waals surface area contributed by atoms with Crippen molar-refractivity contribution in [3.05, 3.63) is 77.7 Å². The number of aromatic nitrogens is 2. The molecule has 1 aromatic carbocycles. The van der Waals surface area contributed by atoms with Gasteiger partial charge in [-0.1, -0.05) is 6.07 Å². The van der Waals surface area contributed by atoms with E-state index in [4.69, 9.17) is 4.74 Å². The molecule has 25 heavy (non-hydrogen) atoms. The van der Waals surface area contributed by atoms with Crippen molar-refractivity contribution in [1.82, 2.24) is 15.3 Å². The summed E-state index contributed by atoms with van der Waals surface area (Å²) in [6, 6.07) is 13.0. The van der Waals surface area contributed by atoms with E-state index in [9.17, 15) is 4.79 Å². The van der Waals surface area contributed by atoms with Crippen LogP contribution in [0.3, 0.4) is 0 Å². The molecule has 1 amide bonds. The molecular weight excluding hydrogens is 314 g/mol. The number of nitrogens with zero attached hydrogens (tertiary/aromatic N) is 2. The zero-order valence-corrected chi connectivity index (χ0v) is 14.2. The highest BCUT2D eigenvalue weighted by Gasteiger charge is 2.11. The number of carbonyl (C=O) groups excluding carboxylic acids is 1. The van der Waals surface area contributed by atoms with Crippen LogP contribution in [0.1, 0.15) is 21.5 Å². The Balaban J connectivity index is 1.76. The Morgan fingerprint density at radius 1 is 1.16 bits per heavy atom. The second-order valence-electron chi connectivity index (χ2n) is 5.62.